The number of amides is 2. The summed E-state index contributed by atoms with van der Waals surface area (Å²) in [5.74, 6) is -0.215. The summed E-state index contributed by atoms with van der Waals surface area (Å²) < 4.78 is 0. The van der Waals surface area contributed by atoms with Crippen LogP contribution < -0.4 is 5.32 Å². The van der Waals surface area contributed by atoms with E-state index >= 15 is 0 Å². The van der Waals surface area contributed by atoms with Gasteiger partial charge in [-0.25, -0.2) is 5.32 Å². The molecule has 0 atom stereocenters. The molecule has 31 heavy (non-hydrogen) atoms. The fraction of sp³-hybridized carbons (Fsp3) is 0.231. The molecule has 0 saturated heterocycles. The number of hydrogen-bond acceptors (Lipinski definition) is 3. The summed E-state index contributed by atoms with van der Waals surface area (Å²) in [5, 5.41) is 4.20. The van der Waals surface area contributed by atoms with Crippen LogP contribution in [0.5, 0.6) is 0 Å². The van der Waals surface area contributed by atoms with Crippen LogP contribution in [0.25, 0.3) is 11.1 Å². The SMILES string of the molecule is CN(C)CCN(C)C(=O)Cc1ccc([N]C(=O)c2ccc(-c3ccccc3)cc2)cc1. The zero-order chi connectivity index (χ0) is 22.2. The van der Waals surface area contributed by atoms with Crippen molar-refractivity contribution in [1.29, 1.82) is 0 Å². The number of likely N-dealkylation sites (N-methyl/N-ethyl adjacent to an activating group) is 2. The average molecular weight is 415 g/mol. The summed E-state index contributed by atoms with van der Waals surface area (Å²) in [6.45, 7) is 1.52. The first-order valence-corrected chi connectivity index (χ1v) is 10.3. The monoisotopic (exact) mass is 414 g/mol. The van der Waals surface area contributed by atoms with Gasteiger partial charge in [0.2, 0.25) is 5.91 Å². The zero-order valence-corrected chi connectivity index (χ0v) is 18.3. The van der Waals surface area contributed by atoms with Crippen LogP contribution in [0.3, 0.4) is 0 Å². The van der Waals surface area contributed by atoms with Gasteiger partial charge in [0.05, 0.1) is 12.1 Å². The molecule has 5 nitrogen and oxygen atoms in total. The van der Waals surface area contributed by atoms with E-state index in [2.05, 4.69) is 5.32 Å². The van der Waals surface area contributed by atoms with E-state index in [9.17, 15) is 9.59 Å². The highest BCUT2D eigenvalue weighted by Gasteiger charge is 2.12. The average Bonchev–Trinajstić information content (AvgIpc) is 2.79. The number of hydrogen-bond donors (Lipinski definition) is 0. The maximum atomic E-state index is 12.5. The topological polar surface area (TPSA) is 54.7 Å². The molecule has 2 amide bonds. The Bertz CT molecular complexity index is 997. The Kier molecular flexibility index (Phi) is 7.57. The van der Waals surface area contributed by atoms with E-state index in [1.54, 1.807) is 29.2 Å². The van der Waals surface area contributed by atoms with Crippen LogP contribution in [0.2, 0.25) is 0 Å². The third-order valence-corrected chi connectivity index (χ3v) is 5.07. The van der Waals surface area contributed by atoms with Gasteiger partial charge < -0.3 is 9.80 Å². The summed E-state index contributed by atoms with van der Waals surface area (Å²) in [4.78, 5) is 28.6. The zero-order valence-electron chi connectivity index (χ0n) is 18.3. The Morgan fingerprint density at radius 1 is 0.742 bits per heavy atom. The predicted molar refractivity (Wildman–Crippen MR) is 124 cm³/mol. The van der Waals surface area contributed by atoms with Crippen molar-refractivity contribution in [3.05, 3.63) is 90.0 Å². The molecule has 1 radical (unpaired) electrons. The van der Waals surface area contributed by atoms with Crippen LogP contribution in [0.4, 0.5) is 5.69 Å². The first-order valence-electron chi connectivity index (χ1n) is 10.3. The Labute approximate surface area is 184 Å². The van der Waals surface area contributed by atoms with Gasteiger partial charge in [-0.2, -0.15) is 0 Å². The molecular weight excluding hydrogens is 386 g/mol. The summed E-state index contributed by atoms with van der Waals surface area (Å²) >= 11 is 0. The molecule has 0 spiro atoms. The van der Waals surface area contributed by atoms with E-state index in [0.717, 1.165) is 23.2 Å². The smallest absolute Gasteiger partial charge is 0.277 e. The van der Waals surface area contributed by atoms with Gasteiger partial charge in [0.25, 0.3) is 5.91 Å². The molecule has 3 aromatic carbocycles. The van der Waals surface area contributed by atoms with E-state index in [0.29, 0.717) is 24.2 Å². The first kappa shape index (κ1) is 22.2. The molecule has 3 rings (SSSR count). The van der Waals surface area contributed by atoms with Crippen molar-refractivity contribution in [2.75, 3.05) is 34.2 Å². The van der Waals surface area contributed by atoms with E-state index in [1.165, 1.54) is 0 Å². The molecule has 0 heterocycles. The largest absolute Gasteiger partial charge is 0.344 e. The normalized spacial score (nSPS) is 10.7. The lowest BCUT2D eigenvalue weighted by atomic mass is 10.0. The van der Waals surface area contributed by atoms with E-state index < -0.39 is 0 Å². The molecular formula is C26H28N3O2. The minimum atomic E-state index is -0.285. The number of rotatable bonds is 8. The fourth-order valence-electron chi connectivity index (χ4n) is 3.09. The van der Waals surface area contributed by atoms with E-state index in [-0.39, 0.29) is 11.8 Å². The molecule has 0 aliphatic heterocycles. The molecule has 0 aliphatic carbocycles. The second-order valence-corrected chi connectivity index (χ2v) is 7.82. The van der Waals surface area contributed by atoms with Crippen LogP contribution in [0.1, 0.15) is 15.9 Å². The highest BCUT2D eigenvalue weighted by molar-refractivity contribution is 5.97. The third kappa shape index (κ3) is 6.52. The minimum absolute atomic E-state index is 0.0705. The van der Waals surface area contributed by atoms with Crippen molar-refractivity contribution in [3.63, 3.8) is 0 Å². The summed E-state index contributed by atoms with van der Waals surface area (Å²) in [5.41, 5.74) is 4.19. The Morgan fingerprint density at radius 2 is 1.35 bits per heavy atom. The highest BCUT2D eigenvalue weighted by Crippen LogP contribution is 2.20. The van der Waals surface area contributed by atoms with E-state index in [4.69, 9.17) is 0 Å². The third-order valence-electron chi connectivity index (χ3n) is 5.07. The van der Waals surface area contributed by atoms with Gasteiger partial charge in [-0.1, -0.05) is 54.6 Å². The lowest BCUT2D eigenvalue weighted by Gasteiger charge is -2.19. The molecule has 0 unspecified atom stereocenters. The summed E-state index contributed by atoms with van der Waals surface area (Å²) in [7, 11) is 5.79. The molecule has 0 fully saturated rings. The molecule has 0 N–H and O–H groups in total. The number of benzene rings is 3. The lowest BCUT2D eigenvalue weighted by Crippen LogP contribution is -2.34. The van der Waals surface area contributed by atoms with Crippen LogP contribution in [-0.4, -0.2) is 55.8 Å². The van der Waals surface area contributed by atoms with Crippen LogP contribution in [-0.2, 0) is 11.2 Å². The Morgan fingerprint density at radius 3 is 1.97 bits per heavy atom. The molecule has 0 aliphatic rings. The predicted octanol–water partition coefficient (Wildman–Crippen LogP) is 3.99. The number of carbonyl (C=O) groups is 2. The Hall–Kier alpha value is -3.44. The van der Waals surface area contributed by atoms with Crippen LogP contribution in [0.15, 0.2) is 78.9 Å². The van der Waals surface area contributed by atoms with Crippen LogP contribution >= 0.6 is 0 Å². The number of carbonyl (C=O) groups excluding carboxylic acids is 2. The van der Waals surface area contributed by atoms with Crippen molar-refractivity contribution < 1.29 is 9.59 Å². The van der Waals surface area contributed by atoms with E-state index in [1.807, 2.05) is 80.6 Å². The molecule has 0 aromatic heterocycles. The van der Waals surface area contributed by atoms with Gasteiger partial charge in [-0.15, -0.1) is 0 Å². The van der Waals surface area contributed by atoms with Gasteiger partial charge in [0.15, 0.2) is 0 Å². The molecule has 3 aromatic rings. The lowest BCUT2D eigenvalue weighted by molar-refractivity contribution is -0.129. The van der Waals surface area contributed by atoms with Gasteiger partial charge in [0.1, 0.15) is 0 Å². The van der Waals surface area contributed by atoms with Crippen molar-refractivity contribution in [2.24, 2.45) is 0 Å². The fourth-order valence-corrected chi connectivity index (χ4v) is 3.09. The van der Waals surface area contributed by atoms with Gasteiger partial charge >= 0.3 is 0 Å². The summed E-state index contributed by atoms with van der Waals surface area (Å²) in [6.07, 6.45) is 0.332. The minimum Gasteiger partial charge on any atom is -0.344 e. The van der Waals surface area contributed by atoms with Crippen molar-refractivity contribution in [3.8, 4) is 11.1 Å². The molecule has 0 saturated carbocycles. The quantitative estimate of drug-likeness (QED) is 0.560. The maximum absolute atomic E-state index is 12.5. The Balaban J connectivity index is 1.55. The first-order chi connectivity index (χ1) is 14.9. The summed E-state index contributed by atoms with van der Waals surface area (Å²) in [6, 6.07) is 24.7. The molecule has 0 bridgehead atoms. The standard InChI is InChI=1S/C26H28N3O2/c1-28(2)17-18-29(3)25(30)19-20-9-15-24(16-10-20)27-26(31)23-13-11-22(12-14-23)21-7-5-4-6-8-21/h4-16H,17-19H2,1-3H3. The number of nitrogens with zero attached hydrogens (tertiary/aromatic N) is 3. The molecule has 5 heteroatoms. The second kappa shape index (κ2) is 10.5. The highest BCUT2D eigenvalue weighted by atomic mass is 16.2. The maximum Gasteiger partial charge on any atom is 0.277 e. The molecule has 159 valence electrons. The van der Waals surface area contributed by atoms with Gasteiger partial charge in [-0.3, -0.25) is 9.59 Å². The van der Waals surface area contributed by atoms with Gasteiger partial charge in [-0.05, 0) is 55.1 Å². The van der Waals surface area contributed by atoms with Gasteiger partial charge in [0, 0.05) is 25.7 Å². The second-order valence-electron chi connectivity index (χ2n) is 7.82. The van der Waals surface area contributed by atoms with Crippen molar-refractivity contribution in [1.82, 2.24) is 15.1 Å². The van der Waals surface area contributed by atoms with Crippen molar-refractivity contribution >= 4 is 17.5 Å². The van der Waals surface area contributed by atoms with Crippen LogP contribution in [0, 0.1) is 0 Å². The van der Waals surface area contributed by atoms with Crippen molar-refractivity contribution in [2.45, 2.75) is 6.42 Å².